The van der Waals surface area contributed by atoms with E-state index in [1.807, 2.05) is 12.1 Å². The first-order valence-electron chi connectivity index (χ1n) is 8.57. The number of phenolic OH excluding ortho intramolecular Hbond substituents is 1. The molecule has 0 saturated carbocycles. The quantitative estimate of drug-likeness (QED) is 0.588. The highest BCUT2D eigenvalue weighted by Crippen LogP contribution is 2.29. The van der Waals surface area contributed by atoms with Gasteiger partial charge < -0.3 is 24.8 Å². The molecule has 1 aromatic carbocycles. The number of benzene rings is 1. The number of guanidine groups is 1. The summed E-state index contributed by atoms with van der Waals surface area (Å²) in [6, 6.07) is 5.54. The van der Waals surface area contributed by atoms with Gasteiger partial charge in [0.25, 0.3) is 0 Å². The Morgan fingerprint density at radius 3 is 3.00 bits per heavy atom. The van der Waals surface area contributed by atoms with Crippen LogP contribution < -0.4 is 10.1 Å². The maximum atomic E-state index is 10.1. The Labute approximate surface area is 144 Å². The second kappa shape index (κ2) is 9.37. The molecule has 1 aromatic rings. The van der Waals surface area contributed by atoms with Gasteiger partial charge in [-0.05, 0) is 31.4 Å². The number of methoxy groups -OCH3 is 1. The van der Waals surface area contributed by atoms with Crippen molar-refractivity contribution in [1.82, 2.24) is 10.2 Å². The predicted molar refractivity (Wildman–Crippen MR) is 95.9 cm³/mol. The van der Waals surface area contributed by atoms with Crippen LogP contribution in [-0.4, -0.2) is 63.0 Å². The smallest absolute Gasteiger partial charge is 0.193 e. The molecule has 0 spiro atoms. The first-order chi connectivity index (χ1) is 11.7. The third kappa shape index (κ3) is 5.03. The van der Waals surface area contributed by atoms with Crippen molar-refractivity contribution in [3.05, 3.63) is 23.8 Å². The minimum Gasteiger partial charge on any atom is -0.504 e. The molecule has 0 aliphatic carbocycles. The van der Waals surface area contributed by atoms with Gasteiger partial charge in [0.15, 0.2) is 17.5 Å². The van der Waals surface area contributed by atoms with E-state index in [0.717, 1.165) is 44.2 Å². The van der Waals surface area contributed by atoms with Gasteiger partial charge in [0, 0.05) is 39.2 Å². The molecule has 1 atom stereocenters. The fraction of sp³-hybridized carbons (Fsp3) is 0.611. The maximum absolute atomic E-state index is 10.1. The van der Waals surface area contributed by atoms with Gasteiger partial charge in [-0.15, -0.1) is 0 Å². The number of rotatable bonds is 7. The average Bonchev–Trinajstić information content (AvgIpc) is 3.08. The second-order valence-corrected chi connectivity index (χ2v) is 6.06. The fourth-order valence-corrected chi connectivity index (χ4v) is 2.89. The number of nitrogens with zero attached hydrogens (tertiary/aromatic N) is 2. The predicted octanol–water partition coefficient (Wildman–Crippen LogP) is 1.88. The van der Waals surface area contributed by atoms with Gasteiger partial charge in [-0.25, -0.2) is 0 Å². The fourth-order valence-electron chi connectivity index (χ4n) is 2.89. The van der Waals surface area contributed by atoms with Crippen LogP contribution in [0.3, 0.4) is 0 Å². The molecule has 0 radical (unpaired) electrons. The summed E-state index contributed by atoms with van der Waals surface area (Å²) in [6.45, 7) is 6.14. The molecular formula is C18H29N3O3. The van der Waals surface area contributed by atoms with Gasteiger partial charge in [-0.3, -0.25) is 4.99 Å². The van der Waals surface area contributed by atoms with E-state index in [0.29, 0.717) is 24.6 Å². The molecule has 0 aromatic heterocycles. The first-order valence-corrected chi connectivity index (χ1v) is 8.57. The van der Waals surface area contributed by atoms with E-state index in [4.69, 9.17) is 9.47 Å². The number of phenols is 1. The van der Waals surface area contributed by atoms with Crippen LogP contribution in [-0.2, 0) is 11.2 Å². The summed E-state index contributed by atoms with van der Waals surface area (Å²) < 4.78 is 10.6. The summed E-state index contributed by atoms with van der Waals surface area (Å²) in [6.07, 6.45) is 1.78. The largest absolute Gasteiger partial charge is 0.504 e. The van der Waals surface area contributed by atoms with E-state index in [2.05, 4.69) is 29.2 Å². The topological polar surface area (TPSA) is 66.3 Å². The third-order valence-electron chi connectivity index (χ3n) is 4.20. The Kier molecular flexibility index (Phi) is 7.18. The highest BCUT2D eigenvalue weighted by atomic mass is 16.5. The molecule has 2 rings (SSSR count). The Morgan fingerprint density at radius 1 is 1.50 bits per heavy atom. The number of hydrogen-bond acceptors (Lipinski definition) is 4. The van der Waals surface area contributed by atoms with Crippen LogP contribution >= 0.6 is 0 Å². The number of para-hydroxylation sites is 1. The van der Waals surface area contributed by atoms with Gasteiger partial charge in [0.2, 0.25) is 0 Å². The van der Waals surface area contributed by atoms with Crippen molar-refractivity contribution in [2.75, 3.05) is 47.0 Å². The van der Waals surface area contributed by atoms with Crippen molar-refractivity contribution in [2.24, 2.45) is 10.9 Å². The lowest BCUT2D eigenvalue weighted by Crippen LogP contribution is -2.41. The SMILES string of the molecule is CCNC(=NCCc1cccc(OC)c1O)N(C)CC1CCOC1. The maximum Gasteiger partial charge on any atom is 0.193 e. The summed E-state index contributed by atoms with van der Waals surface area (Å²) >= 11 is 0. The van der Waals surface area contributed by atoms with Gasteiger partial charge >= 0.3 is 0 Å². The van der Waals surface area contributed by atoms with Gasteiger partial charge in [-0.1, -0.05) is 12.1 Å². The number of ether oxygens (including phenoxy) is 2. The van der Waals surface area contributed by atoms with Crippen LogP contribution in [0.5, 0.6) is 11.5 Å². The molecule has 1 aliphatic heterocycles. The average molecular weight is 335 g/mol. The lowest BCUT2D eigenvalue weighted by Gasteiger charge is -2.24. The molecule has 0 amide bonds. The molecule has 1 aliphatic rings. The molecular weight excluding hydrogens is 306 g/mol. The normalized spacial score (nSPS) is 17.8. The number of nitrogens with one attached hydrogen (secondary N) is 1. The minimum absolute atomic E-state index is 0.205. The molecule has 1 heterocycles. The van der Waals surface area contributed by atoms with Crippen LogP contribution in [0.15, 0.2) is 23.2 Å². The summed E-state index contributed by atoms with van der Waals surface area (Å²) in [5.74, 6) is 2.17. The van der Waals surface area contributed by atoms with Crippen LogP contribution in [0.1, 0.15) is 18.9 Å². The Balaban J connectivity index is 1.95. The molecule has 0 bridgehead atoms. The van der Waals surface area contributed by atoms with Crippen molar-refractivity contribution in [3.63, 3.8) is 0 Å². The molecule has 1 saturated heterocycles. The van der Waals surface area contributed by atoms with Crippen molar-refractivity contribution in [2.45, 2.75) is 19.8 Å². The summed E-state index contributed by atoms with van der Waals surface area (Å²) in [4.78, 5) is 6.85. The molecule has 2 N–H and O–H groups in total. The van der Waals surface area contributed by atoms with Crippen LogP contribution in [0.2, 0.25) is 0 Å². The Bertz CT molecular complexity index is 542. The Hall–Kier alpha value is -1.95. The molecule has 24 heavy (non-hydrogen) atoms. The summed E-state index contributed by atoms with van der Waals surface area (Å²) in [5, 5.41) is 13.5. The summed E-state index contributed by atoms with van der Waals surface area (Å²) in [7, 11) is 3.62. The monoisotopic (exact) mass is 335 g/mol. The standard InChI is InChI=1S/C18H29N3O3/c1-4-19-18(21(2)12-14-9-11-24-13-14)20-10-8-15-6-5-7-16(23-3)17(15)22/h5-7,14,22H,4,8-13H2,1-3H3,(H,19,20). The molecule has 6 nitrogen and oxygen atoms in total. The zero-order chi connectivity index (χ0) is 17.4. The van der Waals surface area contributed by atoms with Gasteiger partial charge in [0.05, 0.1) is 13.7 Å². The molecule has 134 valence electrons. The van der Waals surface area contributed by atoms with Gasteiger partial charge in [-0.2, -0.15) is 0 Å². The lowest BCUT2D eigenvalue weighted by atomic mass is 10.1. The number of aromatic hydroxyl groups is 1. The zero-order valence-electron chi connectivity index (χ0n) is 14.9. The minimum atomic E-state index is 0.205. The lowest BCUT2D eigenvalue weighted by molar-refractivity contribution is 0.181. The van der Waals surface area contributed by atoms with E-state index < -0.39 is 0 Å². The van der Waals surface area contributed by atoms with Crippen LogP contribution in [0.4, 0.5) is 0 Å². The summed E-state index contributed by atoms with van der Waals surface area (Å²) in [5.41, 5.74) is 0.848. The van der Waals surface area contributed by atoms with E-state index >= 15 is 0 Å². The zero-order valence-corrected chi connectivity index (χ0v) is 14.9. The molecule has 1 fully saturated rings. The first kappa shape index (κ1) is 18.4. The van der Waals surface area contributed by atoms with Crippen molar-refractivity contribution >= 4 is 5.96 Å². The van der Waals surface area contributed by atoms with Crippen molar-refractivity contribution < 1.29 is 14.6 Å². The highest BCUT2D eigenvalue weighted by Gasteiger charge is 2.19. The highest BCUT2D eigenvalue weighted by molar-refractivity contribution is 5.79. The van der Waals surface area contributed by atoms with Crippen molar-refractivity contribution in [1.29, 1.82) is 0 Å². The van der Waals surface area contributed by atoms with Gasteiger partial charge in [0.1, 0.15) is 0 Å². The van der Waals surface area contributed by atoms with Crippen LogP contribution in [0.25, 0.3) is 0 Å². The molecule has 1 unspecified atom stereocenters. The third-order valence-corrected chi connectivity index (χ3v) is 4.20. The molecule has 6 heteroatoms. The number of hydrogen-bond donors (Lipinski definition) is 2. The van der Waals surface area contributed by atoms with Crippen LogP contribution in [0, 0.1) is 5.92 Å². The second-order valence-electron chi connectivity index (χ2n) is 6.06. The Morgan fingerprint density at radius 2 is 2.33 bits per heavy atom. The van der Waals surface area contributed by atoms with E-state index in [1.165, 1.54) is 0 Å². The van der Waals surface area contributed by atoms with E-state index in [1.54, 1.807) is 13.2 Å². The number of aliphatic imine (C=N–C) groups is 1. The van der Waals surface area contributed by atoms with Crippen molar-refractivity contribution in [3.8, 4) is 11.5 Å². The van der Waals surface area contributed by atoms with E-state index in [-0.39, 0.29) is 5.75 Å². The van der Waals surface area contributed by atoms with E-state index in [9.17, 15) is 5.11 Å².